The van der Waals surface area contributed by atoms with E-state index >= 15 is 0 Å². The van der Waals surface area contributed by atoms with Gasteiger partial charge in [0.2, 0.25) is 0 Å². The quantitative estimate of drug-likeness (QED) is 0.669. The van der Waals surface area contributed by atoms with E-state index in [4.69, 9.17) is 5.73 Å². The van der Waals surface area contributed by atoms with Gasteiger partial charge in [-0.25, -0.2) is 4.39 Å². The van der Waals surface area contributed by atoms with E-state index in [1.807, 2.05) is 0 Å². The zero-order chi connectivity index (χ0) is 8.32. The van der Waals surface area contributed by atoms with Crippen molar-refractivity contribution in [2.24, 2.45) is 11.1 Å². The van der Waals surface area contributed by atoms with Crippen molar-refractivity contribution in [3.05, 3.63) is 0 Å². The van der Waals surface area contributed by atoms with Gasteiger partial charge < -0.3 is 5.73 Å². The smallest absolute Gasteiger partial charge is 0.107 e. The predicted octanol–water partition coefficient (Wildman–Crippen LogP) is 2.25. The van der Waals surface area contributed by atoms with Gasteiger partial charge in [-0.3, -0.25) is 0 Å². The molecule has 2 heteroatoms. The van der Waals surface area contributed by atoms with E-state index in [1.165, 1.54) is 6.42 Å². The Morgan fingerprint density at radius 2 is 2.18 bits per heavy atom. The summed E-state index contributed by atoms with van der Waals surface area (Å²) in [4.78, 5) is 0. The van der Waals surface area contributed by atoms with Crippen molar-refractivity contribution in [1.82, 2.24) is 0 Å². The largest absolute Gasteiger partial charge is 0.330 e. The summed E-state index contributed by atoms with van der Waals surface area (Å²) < 4.78 is 13.4. The van der Waals surface area contributed by atoms with Crippen molar-refractivity contribution in [2.75, 3.05) is 6.54 Å². The van der Waals surface area contributed by atoms with E-state index in [-0.39, 0.29) is 5.41 Å². The molecule has 0 amide bonds. The highest BCUT2D eigenvalue weighted by atomic mass is 19.1. The highest BCUT2D eigenvalue weighted by molar-refractivity contribution is 4.92. The Balaban J connectivity index is 2.40. The molecule has 0 aromatic heterocycles. The summed E-state index contributed by atoms with van der Waals surface area (Å²) in [6.07, 6.45) is 4.24. The van der Waals surface area contributed by atoms with E-state index in [9.17, 15) is 4.39 Å². The Hall–Kier alpha value is -0.110. The third-order valence-corrected chi connectivity index (χ3v) is 3.14. The Labute approximate surface area is 68.2 Å². The third-order valence-electron chi connectivity index (χ3n) is 3.14. The highest BCUT2D eigenvalue weighted by Gasteiger charge is 2.42. The Bertz CT molecular complexity index is 115. The fraction of sp³-hybridized carbons (Fsp3) is 1.00. The van der Waals surface area contributed by atoms with Crippen LogP contribution in [0, 0.1) is 5.41 Å². The molecule has 0 saturated heterocycles. The van der Waals surface area contributed by atoms with E-state index in [0.717, 1.165) is 19.3 Å². The number of alkyl halides is 1. The molecule has 1 atom stereocenters. The van der Waals surface area contributed by atoms with Gasteiger partial charge in [0, 0.05) is 5.41 Å². The van der Waals surface area contributed by atoms with Crippen LogP contribution in [-0.2, 0) is 0 Å². The van der Waals surface area contributed by atoms with E-state index in [1.54, 1.807) is 0 Å². The summed E-state index contributed by atoms with van der Waals surface area (Å²) in [6.45, 7) is 2.57. The number of hydrogen-bond donors (Lipinski definition) is 1. The fourth-order valence-electron chi connectivity index (χ4n) is 1.97. The molecule has 1 unspecified atom stereocenters. The minimum Gasteiger partial charge on any atom is -0.330 e. The first-order chi connectivity index (χ1) is 5.25. The maximum atomic E-state index is 13.4. The molecule has 1 rings (SSSR count). The molecule has 11 heavy (non-hydrogen) atoms. The van der Waals surface area contributed by atoms with Crippen molar-refractivity contribution in [3.8, 4) is 0 Å². The van der Waals surface area contributed by atoms with Crippen LogP contribution < -0.4 is 5.73 Å². The molecule has 2 N–H and O–H groups in total. The Morgan fingerprint density at radius 3 is 2.45 bits per heavy atom. The van der Waals surface area contributed by atoms with Crippen molar-refractivity contribution < 1.29 is 4.39 Å². The zero-order valence-corrected chi connectivity index (χ0v) is 7.28. The van der Waals surface area contributed by atoms with E-state index in [2.05, 4.69) is 6.92 Å². The van der Waals surface area contributed by atoms with Crippen LogP contribution in [0.5, 0.6) is 0 Å². The molecular weight excluding hydrogens is 141 g/mol. The van der Waals surface area contributed by atoms with Crippen LogP contribution in [0.4, 0.5) is 4.39 Å². The lowest BCUT2D eigenvalue weighted by molar-refractivity contribution is 0.0134. The lowest BCUT2D eigenvalue weighted by Gasteiger charge is -2.43. The minimum absolute atomic E-state index is 0.0272. The van der Waals surface area contributed by atoms with E-state index < -0.39 is 6.17 Å². The van der Waals surface area contributed by atoms with Crippen LogP contribution in [0.3, 0.4) is 0 Å². The Morgan fingerprint density at radius 1 is 1.55 bits per heavy atom. The lowest BCUT2D eigenvalue weighted by Crippen LogP contribution is -2.39. The van der Waals surface area contributed by atoms with Crippen LogP contribution in [-0.4, -0.2) is 12.7 Å². The van der Waals surface area contributed by atoms with Gasteiger partial charge in [0.25, 0.3) is 0 Å². The van der Waals surface area contributed by atoms with Crippen LogP contribution >= 0.6 is 0 Å². The first-order valence-electron chi connectivity index (χ1n) is 4.59. The molecule has 0 aliphatic heterocycles. The van der Waals surface area contributed by atoms with Crippen LogP contribution in [0.1, 0.15) is 39.0 Å². The molecule has 0 radical (unpaired) electrons. The predicted molar refractivity (Wildman–Crippen MR) is 45.1 cm³/mol. The topological polar surface area (TPSA) is 26.0 Å². The van der Waals surface area contributed by atoms with Crippen molar-refractivity contribution >= 4 is 0 Å². The van der Waals surface area contributed by atoms with Crippen molar-refractivity contribution in [1.29, 1.82) is 0 Å². The van der Waals surface area contributed by atoms with Gasteiger partial charge in [-0.15, -0.1) is 0 Å². The summed E-state index contributed by atoms with van der Waals surface area (Å²) in [6, 6.07) is 0. The molecule has 0 aromatic carbocycles. The third kappa shape index (κ3) is 1.56. The molecule has 1 nitrogen and oxygen atoms in total. The van der Waals surface area contributed by atoms with Gasteiger partial charge in [-0.05, 0) is 32.2 Å². The Kier molecular flexibility index (Phi) is 2.88. The van der Waals surface area contributed by atoms with Gasteiger partial charge >= 0.3 is 0 Å². The van der Waals surface area contributed by atoms with Crippen LogP contribution in [0.15, 0.2) is 0 Å². The average molecular weight is 159 g/mol. The van der Waals surface area contributed by atoms with Gasteiger partial charge in [-0.1, -0.05) is 13.3 Å². The normalized spacial score (nSPS) is 24.3. The fourth-order valence-corrected chi connectivity index (χ4v) is 1.97. The first-order valence-corrected chi connectivity index (χ1v) is 4.59. The second kappa shape index (κ2) is 3.53. The molecule has 1 saturated carbocycles. The molecule has 1 aliphatic carbocycles. The van der Waals surface area contributed by atoms with Gasteiger partial charge in [0.15, 0.2) is 0 Å². The van der Waals surface area contributed by atoms with Crippen LogP contribution in [0.2, 0.25) is 0 Å². The standard InChI is InChI=1S/C9H18FN/c1-2-9(5-3-6-9)8(10)4-7-11/h8H,2-7,11H2,1H3. The van der Waals surface area contributed by atoms with Gasteiger partial charge in [0.05, 0.1) is 0 Å². The highest BCUT2D eigenvalue weighted by Crippen LogP contribution is 2.48. The summed E-state index contributed by atoms with van der Waals surface area (Å²) in [5, 5.41) is 0. The molecule has 1 aliphatic rings. The molecule has 0 spiro atoms. The van der Waals surface area contributed by atoms with Gasteiger partial charge in [0.1, 0.15) is 6.17 Å². The molecule has 0 aromatic rings. The summed E-state index contributed by atoms with van der Waals surface area (Å²) >= 11 is 0. The number of rotatable bonds is 4. The second-order valence-corrected chi connectivity index (χ2v) is 3.61. The van der Waals surface area contributed by atoms with Crippen molar-refractivity contribution in [2.45, 2.75) is 45.2 Å². The number of hydrogen-bond acceptors (Lipinski definition) is 1. The summed E-state index contributed by atoms with van der Waals surface area (Å²) in [5.74, 6) is 0. The molecule has 1 fully saturated rings. The maximum absolute atomic E-state index is 13.4. The number of nitrogens with two attached hydrogens (primary N) is 1. The lowest BCUT2D eigenvalue weighted by atomic mass is 9.63. The summed E-state index contributed by atoms with van der Waals surface area (Å²) in [7, 11) is 0. The van der Waals surface area contributed by atoms with Crippen molar-refractivity contribution in [3.63, 3.8) is 0 Å². The second-order valence-electron chi connectivity index (χ2n) is 3.61. The molecule has 0 bridgehead atoms. The minimum atomic E-state index is -0.647. The monoisotopic (exact) mass is 159 g/mol. The zero-order valence-electron chi connectivity index (χ0n) is 7.28. The molecular formula is C9H18FN. The molecule has 66 valence electrons. The first kappa shape index (κ1) is 8.98. The maximum Gasteiger partial charge on any atom is 0.107 e. The van der Waals surface area contributed by atoms with E-state index in [0.29, 0.717) is 13.0 Å². The number of halogens is 1. The molecule has 0 heterocycles. The van der Waals surface area contributed by atoms with Gasteiger partial charge in [-0.2, -0.15) is 0 Å². The SMILES string of the molecule is CCC1(C(F)CCN)CCC1. The van der Waals surface area contributed by atoms with Crippen LogP contribution in [0.25, 0.3) is 0 Å². The summed E-state index contributed by atoms with van der Waals surface area (Å²) in [5.41, 5.74) is 5.35. The average Bonchev–Trinajstić information content (AvgIpc) is 1.87.